The van der Waals surface area contributed by atoms with Gasteiger partial charge in [0.05, 0.1) is 6.20 Å². The molecule has 0 unspecified atom stereocenters. The van der Waals surface area contributed by atoms with Crippen LogP contribution in [0, 0.1) is 0 Å². The lowest BCUT2D eigenvalue weighted by atomic mass is 10.2. The van der Waals surface area contributed by atoms with Crippen LogP contribution < -0.4 is 16.0 Å². The second-order valence-electron chi connectivity index (χ2n) is 6.71. The Balaban J connectivity index is 1.47. The van der Waals surface area contributed by atoms with E-state index in [2.05, 4.69) is 20.9 Å². The smallest absolute Gasteiger partial charge is 0.319 e. The third-order valence-electron chi connectivity index (χ3n) is 4.47. The van der Waals surface area contributed by atoms with Crippen LogP contribution in [0.15, 0.2) is 66.0 Å². The number of imidazole rings is 1. The highest BCUT2D eigenvalue weighted by Crippen LogP contribution is 2.23. The highest BCUT2D eigenvalue weighted by atomic mass is 32.2. The third kappa shape index (κ3) is 4.60. The predicted molar refractivity (Wildman–Crippen MR) is 115 cm³/mol. The van der Waals surface area contributed by atoms with E-state index in [0.29, 0.717) is 23.1 Å². The summed E-state index contributed by atoms with van der Waals surface area (Å²) in [6.07, 6.45) is 5.58. The number of benzene rings is 2. The highest BCUT2D eigenvalue weighted by Gasteiger charge is 2.23. The minimum Gasteiger partial charge on any atom is -0.335 e. The summed E-state index contributed by atoms with van der Waals surface area (Å²) in [6, 6.07) is 16.8. The van der Waals surface area contributed by atoms with Crippen molar-refractivity contribution >= 4 is 35.1 Å². The number of urea groups is 1. The van der Waals surface area contributed by atoms with Crippen LogP contribution in [0.4, 0.5) is 16.2 Å². The molecule has 1 aromatic heterocycles. The number of aromatic nitrogens is 2. The van der Waals surface area contributed by atoms with Crippen LogP contribution in [-0.2, 0) is 0 Å². The number of para-hydroxylation sites is 1. The predicted octanol–water partition coefficient (Wildman–Crippen LogP) is 4.13. The van der Waals surface area contributed by atoms with Gasteiger partial charge in [0.15, 0.2) is 5.16 Å². The number of carbonyl (C=O) groups excluding carboxylic acids is 2. The lowest BCUT2D eigenvalue weighted by Gasteiger charge is -2.12. The number of rotatable bonds is 6. The van der Waals surface area contributed by atoms with Gasteiger partial charge in [-0.15, -0.1) is 0 Å². The number of hydrogen-bond acceptors (Lipinski definition) is 4. The van der Waals surface area contributed by atoms with E-state index in [0.717, 1.165) is 23.7 Å². The zero-order valence-corrected chi connectivity index (χ0v) is 16.7. The number of amides is 3. The molecule has 3 amide bonds. The van der Waals surface area contributed by atoms with Gasteiger partial charge in [-0.25, -0.2) is 9.78 Å². The zero-order chi connectivity index (χ0) is 20.2. The third-order valence-corrected chi connectivity index (χ3v) is 5.13. The average Bonchev–Trinajstić information content (AvgIpc) is 3.43. The van der Waals surface area contributed by atoms with Crippen molar-refractivity contribution in [3.63, 3.8) is 0 Å². The van der Waals surface area contributed by atoms with Crippen LogP contribution in [0.2, 0.25) is 0 Å². The van der Waals surface area contributed by atoms with E-state index in [1.54, 1.807) is 30.5 Å². The van der Waals surface area contributed by atoms with Crippen molar-refractivity contribution in [3.05, 3.63) is 66.5 Å². The minimum absolute atomic E-state index is 0.208. The second kappa shape index (κ2) is 8.40. The van der Waals surface area contributed by atoms with Gasteiger partial charge in [-0.05, 0) is 55.5 Å². The maximum Gasteiger partial charge on any atom is 0.319 e. The van der Waals surface area contributed by atoms with Gasteiger partial charge in [0.2, 0.25) is 0 Å². The Hall–Kier alpha value is -3.26. The molecule has 1 heterocycles. The summed E-state index contributed by atoms with van der Waals surface area (Å²) in [4.78, 5) is 29.0. The normalized spacial score (nSPS) is 13.0. The van der Waals surface area contributed by atoms with Crippen molar-refractivity contribution in [2.75, 3.05) is 16.9 Å². The number of carbonyl (C=O) groups is 2. The molecule has 0 atom stereocenters. The van der Waals surface area contributed by atoms with Crippen molar-refractivity contribution in [2.24, 2.45) is 0 Å². The Bertz CT molecular complexity index is 1010. The molecule has 0 spiro atoms. The summed E-state index contributed by atoms with van der Waals surface area (Å²) in [5.74, 6) is -0.256. The van der Waals surface area contributed by atoms with Crippen molar-refractivity contribution in [1.29, 1.82) is 0 Å². The van der Waals surface area contributed by atoms with Crippen LogP contribution >= 0.6 is 11.8 Å². The van der Waals surface area contributed by atoms with E-state index in [-0.39, 0.29) is 11.9 Å². The van der Waals surface area contributed by atoms with Crippen LogP contribution in [0.1, 0.15) is 23.3 Å². The molecule has 3 aromatic rings. The Kier molecular flexibility index (Phi) is 5.53. The van der Waals surface area contributed by atoms with Crippen LogP contribution in [0.3, 0.4) is 0 Å². The largest absolute Gasteiger partial charge is 0.335 e. The zero-order valence-electron chi connectivity index (χ0n) is 15.9. The van der Waals surface area contributed by atoms with Crippen molar-refractivity contribution in [3.8, 4) is 5.69 Å². The van der Waals surface area contributed by atoms with Crippen molar-refractivity contribution in [1.82, 2.24) is 14.9 Å². The number of nitrogens with one attached hydrogen (secondary N) is 3. The lowest BCUT2D eigenvalue weighted by molar-refractivity contribution is 0.102. The Morgan fingerprint density at radius 1 is 1.00 bits per heavy atom. The first kappa shape index (κ1) is 19.1. The van der Waals surface area contributed by atoms with Gasteiger partial charge in [-0.2, -0.15) is 0 Å². The molecule has 2 aromatic carbocycles. The Labute approximate surface area is 172 Å². The molecule has 1 aliphatic rings. The Morgan fingerprint density at radius 3 is 2.28 bits per heavy atom. The second-order valence-corrected chi connectivity index (χ2v) is 7.48. The quantitative estimate of drug-likeness (QED) is 0.536. The van der Waals surface area contributed by atoms with E-state index in [1.165, 1.54) is 11.8 Å². The van der Waals surface area contributed by atoms with Crippen molar-refractivity contribution in [2.45, 2.75) is 24.0 Å². The summed E-state index contributed by atoms with van der Waals surface area (Å²) in [6.45, 7) is 0. The number of nitrogens with zero attached hydrogens (tertiary/aromatic N) is 2. The molecule has 3 N–H and O–H groups in total. The summed E-state index contributed by atoms with van der Waals surface area (Å²) < 4.78 is 1.83. The first-order valence-corrected chi connectivity index (χ1v) is 10.5. The first-order valence-electron chi connectivity index (χ1n) is 9.30. The average molecular weight is 407 g/mol. The molecule has 7 nitrogen and oxygen atoms in total. The summed E-state index contributed by atoms with van der Waals surface area (Å²) in [5.41, 5.74) is 2.63. The van der Waals surface area contributed by atoms with Gasteiger partial charge in [-0.1, -0.05) is 30.0 Å². The molecule has 1 saturated carbocycles. The molecule has 8 heteroatoms. The van der Waals surface area contributed by atoms with E-state index in [9.17, 15) is 9.59 Å². The molecule has 1 aliphatic carbocycles. The van der Waals surface area contributed by atoms with E-state index >= 15 is 0 Å². The fraction of sp³-hybridized carbons (Fsp3) is 0.190. The summed E-state index contributed by atoms with van der Waals surface area (Å²) in [7, 11) is 0. The maximum absolute atomic E-state index is 12.9. The van der Waals surface area contributed by atoms with Gasteiger partial charge in [0.25, 0.3) is 5.91 Å². The monoisotopic (exact) mass is 407 g/mol. The van der Waals surface area contributed by atoms with E-state index < -0.39 is 0 Å². The van der Waals surface area contributed by atoms with E-state index in [4.69, 9.17) is 0 Å². The molecular weight excluding hydrogens is 386 g/mol. The van der Waals surface area contributed by atoms with E-state index in [1.807, 2.05) is 41.2 Å². The van der Waals surface area contributed by atoms with Gasteiger partial charge >= 0.3 is 6.03 Å². The molecule has 0 aliphatic heterocycles. The highest BCUT2D eigenvalue weighted by molar-refractivity contribution is 7.98. The maximum atomic E-state index is 12.9. The van der Waals surface area contributed by atoms with Crippen LogP contribution in [0.25, 0.3) is 5.69 Å². The van der Waals surface area contributed by atoms with Crippen molar-refractivity contribution < 1.29 is 9.59 Å². The fourth-order valence-corrected chi connectivity index (χ4v) is 3.42. The molecule has 0 saturated heterocycles. The molecule has 148 valence electrons. The van der Waals surface area contributed by atoms with Gasteiger partial charge < -0.3 is 16.0 Å². The minimum atomic E-state index is -0.256. The molecule has 4 rings (SSSR count). The topological polar surface area (TPSA) is 88.1 Å². The number of anilines is 2. The van der Waals surface area contributed by atoms with Crippen LogP contribution in [-0.4, -0.2) is 33.8 Å². The molecule has 1 fully saturated rings. The lowest BCUT2D eigenvalue weighted by Crippen LogP contribution is -2.30. The number of thioether (sulfide) groups is 1. The molecule has 0 bridgehead atoms. The molecular formula is C21H21N5O2S. The molecule has 29 heavy (non-hydrogen) atoms. The SMILES string of the molecule is CSc1ncc(C(=O)Nc2ccc(NC(=O)NC3CC3)cc2)n1-c1ccccc1. The number of hydrogen-bond donors (Lipinski definition) is 3. The first-order chi connectivity index (χ1) is 14.1. The van der Waals surface area contributed by atoms with Gasteiger partial charge in [0.1, 0.15) is 5.69 Å². The fourth-order valence-electron chi connectivity index (χ4n) is 2.88. The summed E-state index contributed by atoms with van der Waals surface area (Å²) >= 11 is 1.48. The standard InChI is InChI=1S/C21H21N5O2S/c1-29-21-22-13-18(26(21)17-5-3-2-4-6-17)19(27)23-14-7-9-15(10-8-14)24-20(28)25-16-11-12-16/h2-10,13,16H,11-12H2,1H3,(H,23,27)(H2,24,25,28). The Morgan fingerprint density at radius 2 is 1.66 bits per heavy atom. The molecule has 0 radical (unpaired) electrons. The summed E-state index contributed by atoms with van der Waals surface area (Å²) in [5, 5.41) is 9.29. The van der Waals surface area contributed by atoms with Gasteiger partial charge in [-0.3, -0.25) is 9.36 Å². The van der Waals surface area contributed by atoms with Gasteiger partial charge in [0, 0.05) is 23.1 Å². The van der Waals surface area contributed by atoms with Crippen LogP contribution in [0.5, 0.6) is 0 Å².